The van der Waals surface area contributed by atoms with Crippen LogP contribution in [-0.2, 0) is 19.1 Å². The number of carbonyl (C=O) groups is 2. The lowest BCUT2D eigenvalue weighted by molar-refractivity contribution is -0.149. The molecule has 0 aromatic heterocycles. The Kier molecular flexibility index (Phi) is 35.2. The molecular formula is C48H81NO5. The van der Waals surface area contributed by atoms with Crippen molar-refractivity contribution in [2.45, 2.75) is 193 Å². The number of unbranched alkanes of at least 4 members (excludes halogenated alkanes) is 10. The van der Waals surface area contributed by atoms with E-state index in [2.05, 4.69) is 91.7 Å². The second-order valence-electron chi connectivity index (χ2n) is 14.8. The quantitative estimate of drug-likeness (QED) is 0.0395. The molecule has 0 amide bonds. The van der Waals surface area contributed by atoms with Gasteiger partial charge in [0.2, 0.25) is 0 Å². The molecule has 308 valence electrons. The Morgan fingerprint density at radius 1 is 0.667 bits per heavy atom. The number of hydrogen-bond donors (Lipinski definition) is 1. The number of aliphatic hydroxyl groups is 1. The lowest BCUT2D eigenvalue weighted by atomic mass is 9.99. The second-order valence-corrected chi connectivity index (χ2v) is 14.8. The molecule has 0 saturated carbocycles. The summed E-state index contributed by atoms with van der Waals surface area (Å²) in [5.41, 5.74) is 0. The number of piperidine rings is 1. The van der Waals surface area contributed by atoms with Crippen molar-refractivity contribution in [2.75, 3.05) is 26.3 Å². The zero-order valence-corrected chi connectivity index (χ0v) is 34.8. The van der Waals surface area contributed by atoms with E-state index in [4.69, 9.17) is 9.47 Å². The van der Waals surface area contributed by atoms with E-state index in [9.17, 15) is 14.7 Å². The van der Waals surface area contributed by atoms with Crippen molar-refractivity contribution in [1.29, 1.82) is 0 Å². The first-order valence-electron chi connectivity index (χ1n) is 22.2. The number of ether oxygens (including phenoxy) is 2. The fraction of sp³-hybridized carbons (Fsp3) is 0.708. The summed E-state index contributed by atoms with van der Waals surface area (Å²) in [6.07, 6.45) is 52.9. The molecule has 6 nitrogen and oxygen atoms in total. The fourth-order valence-electron chi connectivity index (χ4n) is 6.76. The number of allylic oxidation sites excluding steroid dienone is 11. The molecular weight excluding hydrogens is 671 g/mol. The molecule has 1 aliphatic rings. The van der Waals surface area contributed by atoms with Crippen molar-refractivity contribution in [3.8, 4) is 0 Å². The monoisotopic (exact) mass is 752 g/mol. The molecule has 1 aliphatic heterocycles. The number of aliphatic hydroxyl groups excluding tert-OH is 1. The van der Waals surface area contributed by atoms with Crippen molar-refractivity contribution in [3.05, 3.63) is 72.9 Å². The molecule has 1 rings (SSSR count). The van der Waals surface area contributed by atoms with Crippen LogP contribution in [0, 0.1) is 0 Å². The lowest BCUT2D eigenvalue weighted by Crippen LogP contribution is -2.41. The molecule has 0 aromatic carbocycles. The van der Waals surface area contributed by atoms with Crippen molar-refractivity contribution in [2.24, 2.45) is 0 Å². The van der Waals surface area contributed by atoms with Crippen LogP contribution in [-0.4, -0.2) is 60.4 Å². The van der Waals surface area contributed by atoms with Gasteiger partial charge in [0.25, 0.3) is 0 Å². The van der Waals surface area contributed by atoms with Gasteiger partial charge in [-0.05, 0) is 103 Å². The molecule has 0 radical (unpaired) electrons. The third-order valence-electron chi connectivity index (χ3n) is 10.00. The molecule has 1 N–H and O–H groups in total. The van der Waals surface area contributed by atoms with Crippen molar-refractivity contribution in [3.63, 3.8) is 0 Å². The summed E-state index contributed by atoms with van der Waals surface area (Å²) in [6.45, 7) is 6.89. The normalized spacial score (nSPS) is 16.3. The van der Waals surface area contributed by atoms with Gasteiger partial charge < -0.3 is 14.6 Å². The summed E-state index contributed by atoms with van der Waals surface area (Å²) in [5, 5.41) is 9.30. The van der Waals surface area contributed by atoms with Gasteiger partial charge in [0.1, 0.15) is 6.10 Å². The summed E-state index contributed by atoms with van der Waals surface area (Å²) >= 11 is 0. The van der Waals surface area contributed by atoms with Gasteiger partial charge in [0.15, 0.2) is 0 Å². The zero-order valence-electron chi connectivity index (χ0n) is 34.8. The molecule has 0 spiro atoms. The summed E-state index contributed by atoms with van der Waals surface area (Å²) in [4.78, 5) is 27.2. The van der Waals surface area contributed by atoms with Crippen LogP contribution in [0.15, 0.2) is 72.9 Å². The van der Waals surface area contributed by atoms with E-state index in [1.165, 1.54) is 57.8 Å². The average Bonchev–Trinajstić information content (AvgIpc) is 3.17. The number of hydrogen-bond acceptors (Lipinski definition) is 6. The Morgan fingerprint density at radius 2 is 1.28 bits per heavy atom. The molecule has 0 aliphatic carbocycles. The first-order valence-corrected chi connectivity index (χ1v) is 22.2. The van der Waals surface area contributed by atoms with Crippen LogP contribution < -0.4 is 0 Å². The second kappa shape index (κ2) is 38.6. The molecule has 1 saturated heterocycles. The molecule has 2 unspecified atom stereocenters. The van der Waals surface area contributed by atoms with Gasteiger partial charge in [0.05, 0.1) is 13.0 Å². The smallest absolute Gasteiger partial charge is 0.307 e. The SMILES string of the molecule is CC/C=C\C/C=C\C/C=C\C/C=C\C/C=C\CCCC(=O)OC(C/C=C\CCCCCCCCOC(=O)CCN1CCCCC1CCO)CCCCCC. The van der Waals surface area contributed by atoms with Crippen LogP contribution >= 0.6 is 0 Å². The minimum atomic E-state index is -0.0923. The van der Waals surface area contributed by atoms with Gasteiger partial charge in [-0.15, -0.1) is 0 Å². The highest BCUT2D eigenvalue weighted by Gasteiger charge is 2.22. The van der Waals surface area contributed by atoms with Crippen LogP contribution in [0.25, 0.3) is 0 Å². The molecule has 0 bridgehead atoms. The Labute approximate surface area is 332 Å². The maximum atomic E-state index is 12.6. The van der Waals surface area contributed by atoms with E-state index < -0.39 is 0 Å². The fourth-order valence-corrected chi connectivity index (χ4v) is 6.76. The standard InChI is InChI=1S/C48H81NO5/c1-3-5-7-9-10-11-12-13-14-15-16-17-18-21-24-27-31-38-48(52)54-46(36-29-8-6-4-2)37-30-26-23-20-19-22-25-28-34-44-53-47(51)39-42-49-41-33-32-35-45(49)40-43-50/h5,7,10-11,13-14,16-17,21,24,26,30,45-46,50H,3-4,6,8-9,12,15,18-20,22-23,25,27-29,31-44H2,1-2H3/b7-5-,11-10-,14-13-,17-16-,24-21-,30-26-. The zero-order chi connectivity index (χ0) is 39.0. The predicted molar refractivity (Wildman–Crippen MR) is 230 cm³/mol. The van der Waals surface area contributed by atoms with E-state index >= 15 is 0 Å². The average molecular weight is 752 g/mol. The van der Waals surface area contributed by atoms with Crippen LogP contribution in [0.5, 0.6) is 0 Å². The van der Waals surface area contributed by atoms with Crippen LogP contribution in [0.1, 0.15) is 181 Å². The molecule has 1 heterocycles. The van der Waals surface area contributed by atoms with Gasteiger partial charge in [0, 0.05) is 32.0 Å². The highest BCUT2D eigenvalue weighted by Crippen LogP contribution is 2.20. The first-order chi connectivity index (χ1) is 26.6. The van der Waals surface area contributed by atoms with Crippen LogP contribution in [0.3, 0.4) is 0 Å². The maximum Gasteiger partial charge on any atom is 0.307 e. The van der Waals surface area contributed by atoms with Gasteiger partial charge in [-0.1, -0.05) is 138 Å². The van der Waals surface area contributed by atoms with E-state index in [1.807, 2.05) is 0 Å². The minimum Gasteiger partial charge on any atom is -0.466 e. The van der Waals surface area contributed by atoms with Crippen LogP contribution in [0.2, 0.25) is 0 Å². The Bertz CT molecular complexity index is 1060. The van der Waals surface area contributed by atoms with Crippen molar-refractivity contribution < 1.29 is 24.2 Å². The Balaban J connectivity index is 2.12. The van der Waals surface area contributed by atoms with E-state index in [0.29, 0.717) is 25.5 Å². The first kappa shape index (κ1) is 49.3. The molecule has 54 heavy (non-hydrogen) atoms. The largest absolute Gasteiger partial charge is 0.466 e. The summed E-state index contributed by atoms with van der Waals surface area (Å²) in [5.74, 6) is -0.152. The van der Waals surface area contributed by atoms with Crippen molar-refractivity contribution in [1.82, 2.24) is 4.90 Å². The molecule has 0 aromatic rings. The highest BCUT2D eigenvalue weighted by atomic mass is 16.5. The van der Waals surface area contributed by atoms with E-state index in [0.717, 1.165) is 109 Å². The number of nitrogens with zero attached hydrogens (tertiary/aromatic N) is 1. The Morgan fingerprint density at radius 3 is 1.96 bits per heavy atom. The Hall–Kier alpha value is -2.70. The summed E-state index contributed by atoms with van der Waals surface area (Å²) in [6, 6.07) is 0.413. The topological polar surface area (TPSA) is 76.1 Å². The summed E-state index contributed by atoms with van der Waals surface area (Å²) < 4.78 is 11.4. The number of esters is 2. The molecule has 2 atom stereocenters. The summed E-state index contributed by atoms with van der Waals surface area (Å²) in [7, 11) is 0. The number of likely N-dealkylation sites (tertiary alicyclic amines) is 1. The van der Waals surface area contributed by atoms with Crippen LogP contribution in [0.4, 0.5) is 0 Å². The third-order valence-corrected chi connectivity index (χ3v) is 10.00. The minimum absolute atomic E-state index is 0.0126. The highest BCUT2D eigenvalue weighted by molar-refractivity contribution is 5.69. The number of rotatable bonds is 35. The van der Waals surface area contributed by atoms with E-state index in [1.54, 1.807) is 0 Å². The molecule has 1 fully saturated rings. The number of carbonyl (C=O) groups excluding carboxylic acids is 2. The lowest BCUT2D eigenvalue weighted by Gasteiger charge is -2.35. The van der Waals surface area contributed by atoms with Gasteiger partial charge >= 0.3 is 11.9 Å². The van der Waals surface area contributed by atoms with Crippen molar-refractivity contribution >= 4 is 11.9 Å². The van der Waals surface area contributed by atoms with Gasteiger partial charge in [-0.3, -0.25) is 14.5 Å². The maximum absolute atomic E-state index is 12.6. The molecule has 6 heteroatoms. The van der Waals surface area contributed by atoms with E-state index in [-0.39, 0.29) is 24.6 Å². The van der Waals surface area contributed by atoms with Gasteiger partial charge in [-0.25, -0.2) is 0 Å². The van der Waals surface area contributed by atoms with Gasteiger partial charge in [-0.2, -0.15) is 0 Å². The predicted octanol–water partition coefficient (Wildman–Crippen LogP) is 12.6. The third kappa shape index (κ3) is 31.6.